The van der Waals surface area contributed by atoms with E-state index in [0.717, 1.165) is 24.4 Å². The van der Waals surface area contributed by atoms with Crippen LogP contribution in [0.15, 0.2) is 59.8 Å². The molecule has 0 atom stereocenters. The summed E-state index contributed by atoms with van der Waals surface area (Å²) in [5.74, 6) is 1.09. The third kappa shape index (κ3) is 3.94. The third-order valence-electron chi connectivity index (χ3n) is 4.02. The molecule has 2 aromatic carbocycles. The minimum atomic E-state index is -0.333. The molecule has 0 radical (unpaired) electrons. The van der Waals surface area contributed by atoms with Crippen molar-refractivity contribution in [3.05, 3.63) is 66.2 Å². The third-order valence-corrected chi connectivity index (χ3v) is 4.85. The van der Waals surface area contributed by atoms with Crippen LogP contribution in [0.25, 0.3) is 5.69 Å². The molecular weight excluding hydrogens is 351 g/mol. The molecule has 4 rings (SSSR count). The fraction of sp³-hybridized carbons (Fsp3) is 0.211. The number of thioether (sulfide) groups is 1. The molecule has 132 valence electrons. The van der Waals surface area contributed by atoms with Gasteiger partial charge in [0, 0.05) is 11.6 Å². The molecule has 1 aliphatic rings. The lowest BCUT2D eigenvalue weighted by molar-refractivity contribution is -0.113. The highest BCUT2D eigenvalue weighted by Crippen LogP contribution is 2.40. The van der Waals surface area contributed by atoms with Gasteiger partial charge in [-0.3, -0.25) is 4.79 Å². The van der Waals surface area contributed by atoms with Crippen LogP contribution >= 0.6 is 11.8 Å². The molecule has 1 saturated carbocycles. The number of nitrogens with zero attached hydrogens (tertiary/aromatic N) is 3. The second kappa shape index (κ2) is 7.29. The Morgan fingerprint density at radius 1 is 1.15 bits per heavy atom. The maximum absolute atomic E-state index is 12.9. The molecule has 7 heteroatoms. The van der Waals surface area contributed by atoms with Crippen molar-refractivity contribution in [2.24, 2.45) is 0 Å². The monoisotopic (exact) mass is 368 g/mol. The molecule has 0 spiro atoms. The number of hydrogen-bond acceptors (Lipinski definition) is 4. The number of rotatable bonds is 6. The molecule has 0 saturated heterocycles. The summed E-state index contributed by atoms with van der Waals surface area (Å²) in [6, 6.07) is 15.6. The standard InChI is InChI=1S/C19H17FN4OS/c20-14-8-10-15(11-9-14)21-17(25)12-26-19-22-18(13-6-7-13)24(23-19)16-4-2-1-3-5-16/h1-5,8-11,13H,6-7,12H2,(H,21,25). The van der Waals surface area contributed by atoms with Crippen LogP contribution in [0, 0.1) is 5.82 Å². The van der Waals surface area contributed by atoms with Gasteiger partial charge < -0.3 is 5.32 Å². The van der Waals surface area contributed by atoms with E-state index in [4.69, 9.17) is 0 Å². The van der Waals surface area contributed by atoms with Gasteiger partial charge in [0.1, 0.15) is 11.6 Å². The molecule has 1 fully saturated rings. The van der Waals surface area contributed by atoms with E-state index in [0.29, 0.717) is 16.8 Å². The number of aromatic nitrogens is 3. The second-order valence-corrected chi connectivity index (χ2v) is 7.06. The zero-order chi connectivity index (χ0) is 17.9. The lowest BCUT2D eigenvalue weighted by Gasteiger charge is -2.04. The summed E-state index contributed by atoms with van der Waals surface area (Å²) in [6.07, 6.45) is 2.25. The average molecular weight is 368 g/mol. The van der Waals surface area contributed by atoms with Crippen molar-refractivity contribution in [1.82, 2.24) is 14.8 Å². The van der Waals surface area contributed by atoms with E-state index in [1.165, 1.54) is 36.0 Å². The smallest absolute Gasteiger partial charge is 0.234 e. The number of hydrogen-bond donors (Lipinski definition) is 1. The van der Waals surface area contributed by atoms with Crippen LogP contribution in [0.1, 0.15) is 24.6 Å². The molecule has 3 aromatic rings. The molecule has 1 N–H and O–H groups in total. The molecule has 1 amide bonds. The minimum absolute atomic E-state index is 0.175. The first-order valence-electron chi connectivity index (χ1n) is 8.39. The minimum Gasteiger partial charge on any atom is -0.325 e. The van der Waals surface area contributed by atoms with Gasteiger partial charge in [0.15, 0.2) is 0 Å². The molecule has 5 nitrogen and oxygen atoms in total. The Morgan fingerprint density at radius 2 is 1.88 bits per heavy atom. The first-order chi connectivity index (χ1) is 12.7. The summed E-state index contributed by atoms with van der Waals surface area (Å²) < 4.78 is 14.8. The molecule has 0 bridgehead atoms. The van der Waals surface area contributed by atoms with Crippen molar-refractivity contribution in [3.8, 4) is 5.69 Å². The summed E-state index contributed by atoms with van der Waals surface area (Å²) >= 11 is 1.30. The van der Waals surface area contributed by atoms with Gasteiger partial charge in [0.05, 0.1) is 11.4 Å². The fourth-order valence-corrected chi connectivity index (χ4v) is 3.22. The summed E-state index contributed by atoms with van der Waals surface area (Å²) in [4.78, 5) is 16.7. The van der Waals surface area contributed by atoms with E-state index in [1.807, 2.05) is 35.0 Å². The van der Waals surface area contributed by atoms with Gasteiger partial charge in [0.25, 0.3) is 0 Å². The Hall–Kier alpha value is -2.67. The zero-order valence-corrected chi connectivity index (χ0v) is 14.7. The Kier molecular flexibility index (Phi) is 4.71. The Bertz CT molecular complexity index is 907. The van der Waals surface area contributed by atoms with Gasteiger partial charge in [-0.2, -0.15) is 0 Å². The lowest BCUT2D eigenvalue weighted by atomic mass is 10.3. The molecule has 0 unspecified atom stereocenters. The molecule has 26 heavy (non-hydrogen) atoms. The van der Waals surface area contributed by atoms with Gasteiger partial charge in [-0.1, -0.05) is 30.0 Å². The normalized spacial score (nSPS) is 13.6. The van der Waals surface area contributed by atoms with Gasteiger partial charge >= 0.3 is 0 Å². The first-order valence-corrected chi connectivity index (χ1v) is 9.38. The predicted molar refractivity (Wildman–Crippen MR) is 99.1 cm³/mol. The van der Waals surface area contributed by atoms with Crippen LogP contribution in [-0.2, 0) is 4.79 Å². The van der Waals surface area contributed by atoms with Crippen LogP contribution in [-0.4, -0.2) is 26.4 Å². The zero-order valence-electron chi connectivity index (χ0n) is 13.9. The SMILES string of the molecule is O=C(CSc1nc(C2CC2)n(-c2ccccc2)n1)Nc1ccc(F)cc1. The quantitative estimate of drug-likeness (QED) is 0.668. The molecule has 0 aliphatic heterocycles. The molecular formula is C19H17FN4OS. The summed E-state index contributed by atoms with van der Waals surface area (Å²) in [5, 5.41) is 7.90. The summed E-state index contributed by atoms with van der Waals surface area (Å²) in [7, 11) is 0. The van der Waals surface area contributed by atoms with E-state index >= 15 is 0 Å². The highest BCUT2D eigenvalue weighted by molar-refractivity contribution is 7.99. The number of anilines is 1. The molecule has 1 aliphatic carbocycles. The van der Waals surface area contributed by atoms with E-state index in [2.05, 4.69) is 15.4 Å². The van der Waals surface area contributed by atoms with Crippen molar-refractivity contribution < 1.29 is 9.18 Å². The van der Waals surface area contributed by atoms with Gasteiger partial charge in [0.2, 0.25) is 11.1 Å². The highest BCUT2D eigenvalue weighted by atomic mass is 32.2. The number of benzene rings is 2. The van der Waals surface area contributed by atoms with Crippen molar-refractivity contribution >= 4 is 23.4 Å². The maximum atomic E-state index is 12.9. The van der Waals surface area contributed by atoms with Crippen LogP contribution in [0.2, 0.25) is 0 Å². The topological polar surface area (TPSA) is 59.8 Å². The second-order valence-electron chi connectivity index (χ2n) is 6.12. The highest BCUT2D eigenvalue weighted by Gasteiger charge is 2.30. The number of carbonyl (C=O) groups excluding carboxylic acids is 1. The van der Waals surface area contributed by atoms with E-state index in [-0.39, 0.29) is 17.5 Å². The van der Waals surface area contributed by atoms with Gasteiger partial charge in [-0.15, -0.1) is 5.10 Å². The summed E-state index contributed by atoms with van der Waals surface area (Å²) in [5.41, 5.74) is 1.54. The van der Waals surface area contributed by atoms with Crippen LogP contribution in [0.3, 0.4) is 0 Å². The number of halogens is 1. The van der Waals surface area contributed by atoms with Crippen molar-refractivity contribution in [3.63, 3.8) is 0 Å². The number of para-hydroxylation sites is 1. The van der Waals surface area contributed by atoms with Gasteiger partial charge in [-0.05, 0) is 49.2 Å². The largest absolute Gasteiger partial charge is 0.325 e. The van der Waals surface area contributed by atoms with E-state index in [1.54, 1.807) is 0 Å². The maximum Gasteiger partial charge on any atom is 0.234 e. The van der Waals surface area contributed by atoms with Crippen LogP contribution < -0.4 is 5.32 Å². The van der Waals surface area contributed by atoms with Crippen molar-refractivity contribution in [1.29, 1.82) is 0 Å². The molecule has 1 aromatic heterocycles. The Balaban J connectivity index is 1.43. The number of amides is 1. The number of nitrogens with one attached hydrogen (secondary N) is 1. The summed E-state index contributed by atoms with van der Waals surface area (Å²) in [6.45, 7) is 0. The van der Waals surface area contributed by atoms with Crippen LogP contribution in [0.4, 0.5) is 10.1 Å². The van der Waals surface area contributed by atoms with Crippen molar-refractivity contribution in [2.45, 2.75) is 23.9 Å². The van der Waals surface area contributed by atoms with Crippen molar-refractivity contribution in [2.75, 3.05) is 11.1 Å². The van der Waals surface area contributed by atoms with Gasteiger partial charge in [-0.25, -0.2) is 14.1 Å². The molecule has 1 heterocycles. The Labute approximate surface area is 154 Å². The van der Waals surface area contributed by atoms with E-state index in [9.17, 15) is 9.18 Å². The lowest BCUT2D eigenvalue weighted by Crippen LogP contribution is -2.14. The first kappa shape index (κ1) is 16.8. The average Bonchev–Trinajstić information content (AvgIpc) is 3.42. The van der Waals surface area contributed by atoms with E-state index < -0.39 is 0 Å². The van der Waals surface area contributed by atoms with Crippen LogP contribution in [0.5, 0.6) is 0 Å². The predicted octanol–water partition coefficient (Wildman–Crippen LogP) is 4.01. The fourth-order valence-electron chi connectivity index (χ4n) is 2.59. The Morgan fingerprint density at radius 3 is 2.58 bits per heavy atom. The number of carbonyl (C=O) groups is 1.